The first-order valence-corrected chi connectivity index (χ1v) is 7.81. The van der Waals surface area contributed by atoms with Crippen LogP contribution in [0.2, 0.25) is 0 Å². The minimum absolute atomic E-state index is 0.0241. The summed E-state index contributed by atoms with van der Waals surface area (Å²) >= 11 is 0. The molecule has 0 radical (unpaired) electrons. The Balaban J connectivity index is 1.65. The summed E-state index contributed by atoms with van der Waals surface area (Å²) in [5, 5.41) is 3.98. The zero-order valence-corrected chi connectivity index (χ0v) is 13.1. The van der Waals surface area contributed by atoms with E-state index < -0.39 is 0 Å². The number of carbonyl (C=O) groups is 1. The molecule has 1 amide bonds. The Hall–Kier alpha value is -2.17. The molecule has 1 saturated heterocycles. The molecule has 1 fully saturated rings. The lowest BCUT2D eigenvalue weighted by Gasteiger charge is -2.16. The summed E-state index contributed by atoms with van der Waals surface area (Å²) in [5.41, 5.74) is 2.38. The zero-order valence-electron chi connectivity index (χ0n) is 13.1. The number of likely N-dealkylation sites (tertiary alicyclic amines) is 1. The Kier molecular flexibility index (Phi) is 4.22. The van der Waals surface area contributed by atoms with Crippen molar-refractivity contribution in [1.29, 1.82) is 0 Å². The van der Waals surface area contributed by atoms with Crippen molar-refractivity contribution in [2.24, 2.45) is 0 Å². The lowest BCUT2D eigenvalue weighted by atomic mass is 10.1. The normalized spacial score (nSPS) is 18.2. The largest absolute Gasteiger partial charge is 0.339 e. The molecule has 3 rings (SSSR count). The van der Waals surface area contributed by atoms with Gasteiger partial charge in [0.05, 0.1) is 5.92 Å². The molecule has 0 unspecified atom stereocenters. The topological polar surface area (TPSA) is 59.2 Å². The van der Waals surface area contributed by atoms with E-state index in [-0.39, 0.29) is 11.8 Å². The van der Waals surface area contributed by atoms with E-state index in [1.54, 1.807) is 0 Å². The van der Waals surface area contributed by atoms with Crippen molar-refractivity contribution in [3.63, 3.8) is 0 Å². The highest BCUT2D eigenvalue weighted by atomic mass is 16.5. The first kappa shape index (κ1) is 14.8. The van der Waals surface area contributed by atoms with E-state index >= 15 is 0 Å². The molecule has 0 N–H and O–H groups in total. The number of hydrogen-bond donors (Lipinski definition) is 0. The Morgan fingerprint density at radius 2 is 2.09 bits per heavy atom. The van der Waals surface area contributed by atoms with Crippen molar-refractivity contribution in [2.75, 3.05) is 6.54 Å². The smallest absolute Gasteiger partial charge is 0.232 e. The summed E-state index contributed by atoms with van der Waals surface area (Å²) < 4.78 is 5.32. The second-order valence-corrected chi connectivity index (χ2v) is 5.96. The van der Waals surface area contributed by atoms with Gasteiger partial charge in [0.25, 0.3) is 0 Å². The molecule has 0 bridgehead atoms. The van der Waals surface area contributed by atoms with Crippen molar-refractivity contribution < 1.29 is 9.32 Å². The van der Waals surface area contributed by atoms with Crippen LogP contribution in [-0.4, -0.2) is 27.5 Å². The van der Waals surface area contributed by atoms with Gasteiger partial charge in [0.1, 0.15) is 0 Å². The number of aryl methyl sites for hydroxylation is 2. The number of benzene rings is 1. The minimum Gasteiger partial charge on any atom is -0.339 e. The van der Waals surface area contributed by atoms with Gasteiger partial charge in [0, 0.05) is 25.9 Å². The van der Waals surface area contributed by atoms with Gasteiger partial charge in [-0.3, -0.25) is 4.79 Å². The van der Waals surface area contributed by atoms with Gasteiger partial charge < -0.3 is 9.42 Å². The fourth-order valence-corrected chi connectivity index (χ4v) is 2.76. The third-order valence-electron chi connectivity index (χ3n) is 4.02. The predicted octanol–water partition coefficient (Wildman–Crippen LogP) is 2.85. The molecule has 116 valence electrons. The van der Waals surface area contributed by atoms with Gasteiger partial charge in [0.2, 0.25) is 11.8 Å². The van der Waals surface area contributed by atoms with Crippen LogP contribution in [0.3, 0.4) is 0 Å². The lowest BCUT2D eigenvalue weighted by Crippen LogP contribution is -2.24. The zero-order chi connectivity index (χ0) is 15.5. The van der Waals surface area contributed by atoms with Gasteiger partial charge in [-0.2, -0.15) is 4.98 Å². The molecular formula is C17H21N3O2. The van der Waals surface area contributed by atoms with Crippen LogP contribution in [0.5, 0.6) is 0 Å². The second-order valence-electron chi connectivity index (χ2n) is 5.96. The number of nitrogens with zero attached hydrogens (tertiary/aromatic N) is 3. The number of carbonyl (C=O) groups excluding carboxylic acids is 1. The Bertz CT molecular complexity index is 648. The number of aromatic nitrogens is 2. The van der Waals surface area contributed by atoms with Crippen LogP contribution >= 0.6 is 0 Å². The van der Waals surface area contributed by atoms with Gasteiger partial charge >= 0.3 is 0 Å². The molecule has 2 heterocycles. The van der Waals surface area contributed by atoms with Gasteiger partial charge in [0.15, 0.2) is 5.82 Å². The van der Waals surface area contributed by atoms with Gasteiger partial charge in [-0.25, -0.2) is 0 Å². The van der Waals surface area contributed by atoms with Crippen LogP contribution in [0, 0.1) is 6.92 Å². The van der Waals surface area contributed by atoms with E-state index in [0.717, 1.165) is 24.2 Å². The third-order valence-corrected chi connectivity index (χ3v) is 4.02. The average molecular weight is 299 g/mol. The monoisotopic (exact) mass is 299 g/mol. The summed E-state index contributed by atoms with van der Waals surface area (Å²) in [4.78, 5) is 18.5. The highest BCUT2D eigenvalue weighted by Crippen LogP contribution is 2.28. The quantitative estimate of drug-likeness (QED) is 0.852. The summed E-state index contributed by atoms with van der Waals surface area (Å²) in [6.07, 6.45) is 2.26. The molecule has 0 spiro atoms. The standard InChI is InChI=1S/C17H21N3O2/c1-3-4-15-18-17(22-19-15)14-9-16(21)20(11-14)10-13-7-5-12(2)6-8-13/h5-8,14H,3-4,9-11H2,1-2H3/t14-/m1/s1. The molecule has 1 aromatic heterocycles. The van der Waals surface area contributed by atoms with Crippen molar-refractivity contribution in [3.8, 4) is 0 Å². The number of rotatable bonds is 5. The summed E-state index contributed by atoms with van der Waals surface area (Å²) in [6, 6.07) is 8.29. The van der Waals surface area contributed by atoms with Crippen LogP contribution in [0.15, 0.2) is 28.8 Å². The second kappa shape index (κ2) is 6.30. The van der Waals surface area contributed by atoms with Crippen LogP contribution in [0.4, 0.5) is 0 Å². The van der Waals surface area contributed by atoms with Crippen LogP contribution < -0.4 is 0 Å². The first-order valence-electron chi connectivity index (χ1n) is 7.81. The molecule has 5 heteroatoms. The number of amides is 1. The maximum Gasteiger partial charge on any atom is 0.232 e. The fourth-order valence-electron chi connectivity index (χ4n) is 2.76. The van der Waals surface area contributed by atoms with E-state index in [1.807, 2.05) is 4.90 Å². The Morgan fingerprint density at radius 3 is 2.82 bits per heavy atom. The van der Waals surface area contributed by atoms with Gasteiger partial charge in [-0.15, -0.1) is 0 Å². The minimum atomic E-state index is 0.0241. The molecule has 1 aliphatic rings. The summed E-state index contributed by atoms with van der Waals surface area (Å²) in [7, 11) is 0. The SMILES string of the molecule is CCCc1noc([C@@H]2CC(=O)N(Cc3ccc(C)cc3)C2)n1. The molecule has 1 atom stereocenters. The summed E-state index contributed by atoms with van der Waals surface area (Å²) in [6.45, 7) is 5.44. The lowest BCUT2D eigenvalue weighted by molar-refractivity contribution is -0.128. The van der Waals surface area contributed by atoms with Gasteiger partial charge in [-0.1, -0.05) is 41.9 Å². The predicted molar refractivity (Wildman–Crippen MR) is 82.2 cm³/mol. The third kappa shape index (κ3) is 3.18. The molecule has 1 aromatic carbocycles. The van der Waals surface area contributed by atoms with Crippen molar-refractivity contribution >= 4 is 5.91 Å². The molecule has 1 aliphatic heterocycles. The molecule has 0 aliphatic carbocycles. The van der Waals surface area contributed by atoms with E-state index in [0.29, 0.717) is 25.4 Å². The van der Waals surface area contributed by atoms with E-state index in [1.165, 1.54) is 5.56 Å². The van der Waals surface area contributed by atoms with Crippen molar-refractivity contribution in [1.82, 2.24) is 15.0 Å². The maximum atomic E-state index is 12.2. The van der Waals surface area contributed by atoms with Crippen molar-refractivity contribution in [2.45, 2.75) is 45.6 Å². The van der Waals surface area contributed by atoms with Crippen LogP contribution in [-0.2, 0) is 17.8 Å². The molecule has 22 heavy (non-hydrogen) atoms. The van der Waals surface area contributed by atoms with Crippen molar-refractivity contribution in [3.05, 3.63) is 47.1 Å². The van der Waals surface area contributed by atoms with Crippen LogP contribution in [0.25, 0.3) is 0 Å². The average Bonchev–Trinajstić information content (AvgIpc) is 3.10. The fraction of sp³-hybridized carbons (Fsp3) is 0.471. The van der Waals surface area contributed by atoms with E-state index in [4.69, 9.17) is 4.52 Å². The molecule has 5 nitrogen and oxygen atoms in total. The van der Waals surface area contributed by atoms with Gasteiger partial charge in [-0.05, 0) is 18.9 Å². The Morgan fingerprint density at radius 1 is 1.32 bits per heavy atom. The summed E-state index contributed by atoms with van der Waals surface area (Å²) in [5.74, 6) is 1.52. The molecular weight excluding hydrogens is 278 g/mol. The highest BCUT2D eigenvalue weighted by Gasteiger charge is 2.34. The number of hydrogen-bond acceptors (Lipinski definition) is 4. The van der Waals surface area contributed by atoms with E-state index in [9.17, 15) is 4.79 Å². The van der Waals surface area contributed by atoms with Crippen LogP contribution in [0.1, 0.15) is 48.5 Å². The highest BCUT2D eigenvalue weighted by molar-refractivity contribution is 5.79. The Labute approximate surface area is 130 Å². The maximum absolute atomic E-state index is 12.2. The van der Waals surface area contributed by atoms with E-state index in [2.05, 4.69) is 48.3 Å². The molecule has 0 saturated carbocycles. The molecule has 2 aromatic rings. The first-order chi connectivity index (χ1) is 10.7.